The number of anilines is 1. The molecule has 88 valence electrons. The van der Waals surface area contributed by atoms with E-state index in [9.17, 15) is 0 Å². The fourth-order valence-electron chi connectivity index (χ4n) is 1.77. The van der Waals surface area contributed by atoms with Gasteiger partial charge in [-0.2, -0.15) is 5.10 Å². The number of hydrogen-bond acceptors (Lipinski definition) is 4. The lowest BCUT2D eigenvalue weighted by atomic mass is 10.1. The average Bonchev–Trinajstić information content (AvgIpc) is 2.90. The number of rotatable bonds is 2. The number of para-hydroxylation sites is 1. The third-order valence-electron chi connectivity index (χ3n) is 2.67. The molecule has 3 aromatic rings. The monoisotopic (exact) mass is 237 g/mol. The SMILES string of the molecule is Nc1ccccc1-c1cnn(-c2cncnc2)c1. The zero-order valence-electron chi connectivity index (χ0n) is 9.56. The normalized spacial score (nSPS) is 10.4. The van der Waals surface area contributed by atoms with Crippen LogP contribution in [-0.4, -0.2) is 19.7 Å². The zero-order chi connectivity index (χ0) is 12.4. The smallest absolute Gasteiger partial charge is 0.115 e. The highest BCUT2D eigenvalue weighted by molar-refractivity contribution is 5.75. The zero-order valence-corrected chi connectivity index (χ0v) is 9.56. The maximum Gasteiger partial charge on any atom is 0.115 e. The summed E-state index contributed by atoms with van der Waals surface area (Å²) < 4.78 is 1.72. The lowest BCUT2D eigenvalue weighted by Crippen LogP contribution is -1.95. The van der Waals surface area contributed by atoms with Gasteiger partial charge >= 0.3 is 0 Å². The van der Waals surface area contributed by atoms with Crippen molar-refractivity contribution in [3.63, 3.8) is 0 Å². The highest BCUT2D eigenvalue weighted by Gasteiger charge is 2.05. The molecule has 0 fully saturated rings. The van der Waals surface area contributed by atoms with Gasteiger partial charge in [-0.25, -0.2) is 14.6 Å². The first-order chi connectivity index (χ1) is 8.84. The molecular weight excluding hydrogens is 226 g/mol. The molecule has 0 aliphatic rings. The Morgan fingerprint density at radius 3 is 2.56 bits per heavy atom. The van der Waals surface area contributed by atoms with Gasteiger partial charge < -0.3 is 5.73 Å². The molecule has 0 spiro atoms. The molecule has 3 rings (SSSR count). The van der Waals surface area contributed by atoms with Crippen molar-refractivity contribution in [2.75, 3.05) is 5.73 Å². The van der Waals surface area contributed by atoms with E-state index in [2.05, 4.69) is 15.1 Å². The molecule has 1 aromatic carbocycles. The Hall–Kier alpha value is -2.69. The molecule has 0 saturated heterocycles. The third-order valence-corrected chi connectivity index (χ3v) is 2.67. The Balaban J connectivity index is 2.03. The largest absolute Gasteiger partial charge is 0.398 e. The van der Waals surface area contributed by atoms with E-state index in [0.717, 1.165) is 22.5 Å². The van der Waals surface area contributed by atoms with E-state index in [1.165, 1.54) is 6.33 Å². The Kier molecular flexibility index (Phi) is 2.49. The van der Waals surface area contributed by atoms with Crippen molar-refractivity contribution in [2.24, 2.45) is 0 Å². The van der Waals surface area contributed by atoms with Crippen LogP contribution in [0.2, 0.25) is 0 Å². The molecule has 0 aliphatic heterocycles. The maximum absolute atomic E-state index is 5.94. The molecule has 2 N–H and O–H groups in total. The minimum Gasteiger partial charge on any atom is -0.398 e. The molecule has 0 unspecified atom stereocenters. The fourth-order valence-corrected chi connectivity index (χ4v) is 1.77. The topological polar surface area (TPSA) is 69.6 Å². The van der Waals surface area contributed by atoms with Gasteiger partial charge in [0.2, 0.25) is 0 Å². The van der Waals surface area contributed by atoms with Crippen LogP contribution in [0.1, 0.15) is 0 Å². The summed E-state index contributed by atoms with van der Waals surface area (Å²) in [6, 6.07) is 7.71. The predicted octanol–water partition coefficient (Wildman–Crippen LogP) is 1.91. The number of nitrogens with two attached hydrogens (primary N) is 1. The van der Waals surface area contributed by atoms with Gasteiger partial charge in [0.1, 0.15) is 12.0 Å². The molecule has 2 heterocycles. The quantitative estimate of drug-likeness (QED) is 0.691. The van der Waals surface area contributed by atoms with Crippen molar-refractivity contribution in [1.29, 1.82) is 0 Å². The summed E-state index contributed by atoms with van der Waals surface area (Å²) in [5, 5.41) is 4.29. The van der Waals surface area contributed by atoms with Crippen LogP contribution >= 0.6 is 0 Å². The van der Waals surface area contributed by atoms with E-state index in [1.807, 2.05) is 30.5 Å². The minimum atomic E-state index is 0.737. The molecule has 18 heavy (non-hydrogen) atoms. The fraction of sp³-hybridized carbons (Fsp3) is 0. The van der Waals surface area contributed by atoms with E-state index < -0.39 is 0 Å². The Morgan fingerprint density at radius 2 is 1.78 bits per heavy atom. The molecule has 5 heteroatoms. The highest BCUT2D eigenvalue weighted by Crippen LogP contribution is 2.25. The van der Waals surface area contributed by atoms with Gasteiger partial charge in [-0.15, -0.1) is 0 Å². The number of aromatic nitrogens is 4. The molecule has 0 aliphatic carbocycles. The van der Waals surface area contributed by atoms with Crippen LogP contribution in [0.25, 0.3) is 16.8 Å². The molecule has 0 bridgehead atoms. The van der Waals surface area contributed by atoms with Crippen LogP contribution in [0.15, 0.2) is 55.4 Å². The van der Waals surface area contributed by atoms with E-state index in [-0.39, 0.29) is 0 Å². The second-order valence-corrected chi connectivity index (χ2v) is 3.86. The Bertz CT molecular complexity index is 660. The highest BCUT2D eigenvalue weighted by atomic mass is 15.3. The van der Waals surface area contributed by atoms with E-state index >= 15 is 0 Å². The standard InChI is InChI=1S/C13H11N5/c14-13-4-2-1-3-12(13)10-5-17-18(8-10)11-6-15-9-16-7-11/h1-9H,14H2. The first kappa shape index (κ1) is 10.5. The summed E-state index contributed by atoms with van der Waals surface area (Å²) >= 11 is 0. The molecular formula is C13H11N5. The first-order valence-corrected chi connectivity index (χ1v) is 5.49. The van der Waals surface area contributed by atoms with E-state index in [4.69, 9.17) is 5.73 Å². The number of nitrogen functional groups attached to an aromatic ring is 1. The van der Waals surface area contributed by atoms with Crippen molar-refractivity contribution in [2.45, 2.75) is 0 Å². The van der Waals surface area contributed by atoms with Crippen LogP contribution in [-0.2, 0) is 0 Å². The van der Waals surface area contributed by atoms with Crippen molar-refractivity contribution in [3.8, 4) is 16.8 Å². The van der Waals surface area contributed by atoms with Gasteiger partial charge in [-0.05, 0) is 6.07 Å². The molecule has 0 amide bonds. The van der Waals surface area contributed by atoms with Crippen LogP contribution in [0.3, 0.4) is 0 Å². The van der Waals surface area contributed by atoms with E-state index in [0.29, 0.717) is 0 Å². The van der Waals surface area contributed by atoms with Gasteiger partial charge in [0.05, 0.1) is 18.6 Å². The first-order valence-electron chi connectivity index (χ1n) is 5.49. The van der Waals surface area contributed by atoms with Crippen LogP contribution < -0.4 is 5.73 Å². The third kappa shape index (κ3) is 1.82. The lowest BCUT2D eigenvalue weighted by molar-refractivity contribution is 0.864. The molecule has 5 nitrogen and oxygen atoms in total. The summed E-state index contributed by atoms with van der Waals surface area (Å²) in [7, 11) is 0. The molecule has 0 radical (unpaired) electrons. The van der Waals surface area contributed by atoms with Crippen molar-refractivity contribution < 1.29 is 0 Å². The second kappa shape index (κ2) is 4.29. The van der Waals surface area contributed by atoms with Crippen molar-refractivity contribution in [3.05, 3.63) is 55.4 Å². The summed E-state index contributed by atoms with van der Waals surface area (Å²) in [4.78, 5) is 7.93. The molecule has 0 atom stereocenters. The summed E-state index contributed by atoms with van der Waals surface area (Å²) in [6.07, 6.45) is 8.59. The molecule has 2 aromatic heterocycles. The number of benzene rings is 1. The van der Waals surface area contributed by atoms with Crippen LogP contribution in [0, 0.1) is 0 Å². The second-order valence-electron chi connectivity index (χ2n) is 3.86. The van der Waals surface area contributed by atoms with Gasteiger partial charge in [0.15, 0.2) is 0 Å². The van der Waals surface area contributed by atoms with Gasteiger partial charge in [0.25, 0.3) is 0 Å². The lowest BCUT2D eigenvalue weighted by Gasteiger charge is -2.01. The van der Waals surface area contributed by atoms with E-state index in [1.54, 1.807) is 23.3 Å². The summed E-state index contributed by atoms with van der Waals surface area (Å²) in [5.74, 6) is 0. The minimum absolute atomic E-state index is 0.737. The Morgan fingerprint density at radius 1 is 1.00 bits per heavy atom. The van der Waals surface area contributed by atoms with Crippen molar-refractivity contribution >= 4 is 5.69 Å². The van der Waals surface area contributed by atoms with Gasteiger partial charge in [-0.3, -0.25) is 0 Å². The van der Waals surface area contributed by atoms with Crippen molar-refractivity contribution in [1.82, 2.24) is 19.7 Å². The molecule has 0 saturated carbocycles. The van der Waals surface area contributed by atoms with Gasteiger partial charge in [-0.1, -0.05) is 18.2 Å². The maximum atomic E-state index is 5.94. The van der Waals surface area contributed by atoms with Gasteiger partial charge in [0, 0.05) is 23.0 Å². The number of hydrogen-bond donors (Lipinski definition) is 1. The summed E-state index contributed by atoms with van der Waals surface area (Å²) in [5.41, 5.74) is 9.44. The Labute approximate surface area is 104 Å². The average molecular weight is 237 g/mol. The predicted molar refractivity (Wildman–Crippen MR) is 69.0 cm³/mol. The number of nitrogens with zero attached hydrogens (tertiary/aromatic N) is 4. The van der Waals surface area contributed by atoms with Crippen LogP contribution in [0.4, 0.5) is 5.69 Å². The summed E-state index contributed by atoms with van der Waals surface area (Å²) in [6.45, 7) is 0. The van der Waals surface area contributed by atoms with Crippen LogP contribution in [0.5, 0.6) is 0 Å².